The summed E-state index contributed by atoms with van der Waals surface area (Å²) in [6.07, 6.45) is 2.30. The Morgan fingerprint density at radius 2 is 2.06 bits per heavy atom. The molecule has 0 aromatic heterocycles. The molecule has 0 fully saturated rings. The molecular weight excluding hydrogens is 214 g/mol. The van der Waals surface area contributed by atoms with Gasteiger partial charge in [-0.2, -0.15) is 0 Å². The monoisotopic (exact) mass is 233 g/mol. The second-order valence-electron chi connectivity index (χ2n) is 4.81. The third-order valence-electron chi connectivity index (χ3n) is 2.76. The molecule has 0 unspecified atom stereocenters. The number of fused-ring (bicyclic) bond motifs is 1. The molecular formula is C14H19NS. The van der Waals surface area contributed by atoms with Crippen molar-refractivity contribution < 1.29 is 0 Å². The summed E-state index contributed by atoms with van der Waals surface area (Å²) in [4.78, 5) is 1.36. The number of thioether (sulfide) groups is 1. The summed E-state index contributed by atoms with van der Waals surface area (Å²) in [5, 5.41) is 3.55. The fourth-order valence-corrected chi connectivity index (χ4v) is 2.92. The highest BCUT2D eigenvalue weighted by atomic mass is 32.2. The van der Waals surface area contributed by atoms with Crippen LogP contribution in [0.15, 0.2) is 29.2 Å². The van der Waals surface area contributed by atoms with Crippen molar-refractivity contribution in [2.24, 2.45) is 0 Å². The Morgan fingerprint density at radius 1 is 1.31 bits per heavy atom. The molecule has 1 N–H and O–H groups in total. The molecule has 86 valence electrons. The standard InChI is InChI=1S/C14H19NS/c1-5-16-11-6-7-13-12(8-11)10(2)9-14(3,4)15-13/h6-9,15H,5H2,1-4H3. The number of benzene rings is 1. The van der Waals surface area contributed by atoms with Gasteiger partial charge in [-0.25, -0.2) is 0 Å². The summed E-state index contributed by atoms with van der Waals surface area (Å²) in [6.45, 7) is 8.79. The van der Waals surface area contributed by atoms with Crippen LogP contribution in [-0.4, -0.2) is 11.3 Å². The van der Waals surface area contributed by atoms with E-state index >= 15 is 0 Å². The number of hydrogen-bond donors (Lipinski definition) is 1. The molecule has 0 radical (unpaired) electrons. The second kappa shape index (κ2) is 4.17. The van der Waals surface area contributed by atoms with E-state index in [0.29, 0.717) is 0 Å². The zero-order valence-electron chi connectivity index (χ0n) is 10.4. The average molecular weight is 233 g/mol. The van der Waals surface area contributed by atoms with Gasteiger partial charge in [-0.05, 0) is 50.3 Å². The van der Waals surface area contributed by atoms with Gasteiger partial charge in [-0.3, -0.25) is 0 Å². The first-order valence-corrected chi connectivity index (χ1v) is 6.75. The number of rotatable bonds is 2. The van der Waals surface area contributed by atoms with Crippen LogP contribution in [-0.2, 0) is 0 Å². The zero-order chi connectivity index (χ0) is 11.8. The van der Waals surface area contributed by atoms with Crippen molar-refractivity contribution in [1.82, 2.24) is 0 Å². The molecule has 16 heavy (non-hydrogen) atoms. The molecule has 0 saturated carbocycles. The fourth-order valence-electron chi connectivity index (χ4n) is 2.22. The van der Waals surface area contributed by atoms with Crippen LogP contribution in [0.2, 0.25) is 0 Å². The molecule has 2 heteroatoms. The first-order chi connectivity index (χ1) is 7.52. The molecule has 1 aliphatic heterocycles. The third-order valence-corrected chi connectivity index (χ3v) is 3.64. The van der Waals surface area contributed by atoms with Gasteiger partial charge in [0.1, 0.15) is 0 Å². The van der Waals surface area contributed by atoms with E-state index in [-0.39, 0.29) is 5.54 Å². The van der Waals surface area contributed by atoms with Crippen molar-refractivity contribution in [1.29, 1.82) is 0 Å². The first-order valence-electron chi connectivity index (χ1n) is 5.77. The average Bonchev–Trinajstić information content (AvgIpc) is 2.18. The molecule has 2 rings (SSSR count). The lowest BCUT2D eigenvalue weighted by molar-refractivity contribution is 0.707. The topological polar surface area (TPSA) is 12.0 Å². The number of hydrogen-bond acceptors (Lipinski definition) is 2. The van der Waals surface area contributed by atoms with E-state index in [1.165, 1.54) is 21.7 Å². The zero-order valence-corrected chi connectivity index (χ0v) is 11.2. The molecule has 0 aliphatic carbocycles. The van der Waals surface area contributed by atoms with Gasteiger partial charge in [-0.15, -0.1) is 11.8 Å². The molecule has 1 aliphatic rings. The van der Waals surface area contributed by atoms with Crippen molar-refractivity contribution in [3.05, 3.63) is 29.8 Å². The maximum absolute atomic E-state index is 3.55. The van der Waals surface area contributed by atoms with Crippen LogP contribution in [0.25, 0.3) is 5.57 Å². The molecule has 1 aromatic carbocycles. The van der Waals surface area contributed by atoms with E-state index in [1.807, 2.05) is 11.8 Å². The normalized spacial score (nSPS) is 17.4. The van der Waals surface area contributed by atoms with Gasteiger partial charge in [-0.1, -0.05) is 13.0 Å². The second-order valence-corrected chi connectivity index (χ2v) is 6.15. The van der Waals surface area contributed by atoms with E-state index in [4.69, 9.17) is 0 Å². The summed E-state index contributed by atoms with van der Waals surface area (Å²) in [5.74, 6) is 1.13. The van der Waals surface area contributed by atoms with Gasteiger partial charge < -0.3 is 5.32 Å². The summed E-state index contributed by atoms with van der Waals surface area (Å²) in [6, 6.07) is 6.69. The molecule has 1 nitrogen and oxygen atoms in total. The minimum atomic E-state index is 0.0660. The van der Waals surface area contributed by atoms with Gasteiger partial charge in [0.05, 0.1) is 5.54 Å². The van der Waals surface area contributed by atoms with E-state index in [9.17, 15) is 0 Å². The lowest BCUT2D eigenvalue weighted by Gasteiger charge is -2.31. The van der Waals surface area contributed by atoms with Gasteiger partial charge in [0.2, 0.25) is 0 Å². The molecule has 1 heterocycles. The largest absolute Gasteiger partial charge is 0.376 e. The van der Waals surface area contributed by atoms with Crippen LogP contribution in [0, 0.1) is 0 Å². The Balaban J connectivity index is 2.42. The maximum Gasteiger partial charge on any atom is 0.0505 e. The van der Waals surface area contributed by atoms with Crippen molar-refractivity contribution >= 4 is 23.0 Å². The molecule has 0 bridgehead atoms. The van der Waals surface area contributed by atoms with Crippen LogP contribution in [0.4, 0.5) is 5.69 Å². The Kier molecular flexibility index (Phi) is 3.02. The smallest absolute Gasteiger partial charge is 0.0505 e. The van der Waals surface area contributed by atoms with E-state index in [0.717, 1.165) is 5.75 Å². The highest BCUT2D eigenvalue weighted by Crippen LogP contribution is 2.35. The maximum atomic E-state index is 3.55. The molecule has 0 atom stereocenters. The Morgan fingerprint density at radius 3 is 2.75 bits per heavy atom. The predicted octanol–water partition coefficient (Wildman–Crippen LogP) is 4.41. The fraction of sp³-hybridized carbons (Fsp3) is 0.429. The van der Waals surface area contributed by atoms with E-state index < -0.39 is 0 Å². The van der Waals surface area contributed by atoms with E-state index in [2.05, 4.69) is 57.3 Å². The van der Waals surface area contributed by atoms with Gasteiger partial charge in [0.15, 0.2) is 0 Å². The first kappa shape index (κ1) is 11.6. The lowest BCUT2D eigenvalue weighted by atomic mass is 9.91. The van der Waals surface area contributed by atoms with Crippen LogP contribution in [0.3, 0.4) is 0 Å². The number of allylic oxidation sites excluding steroid dienone is 1. The summed E-state index contributed by atoms with van der Waals surface area (Å²) >= 11 is 1.90. The van der Waals surface area contributed by atoms with Crippen molar-refractivity contribution in [3.8, 4) is 0 Å². The van der Waals surface area contributed by atoms with Gasteiger partial charge in [0.25, 0.3) is 0 Å². The van der Waals surface area contributed by atoms with Crippen LogP contribution in [0.1, 0.15) is 33.3 Å². The molecule has 0 amide bonds. The minimum absolute atomic E-state index is 0.0660. The van der Waals surface area contributed by atoms with Gasteiger partial charge in [0, 0.05) is 16.1 Å². The van der Waals surface area contributed by atoms with E-state index in [1.54, 1.807) is 0 Å². The van der Waals surface area contributed by atoms with Crippen molar-refractivity contribution in [3.63, 3.8) is 0 Å². The van der Waals surface area contributed by atoms with Crippen LogP contribution >= 0.6 is 11.8 Å². The Labute approximate surface area is 102 Å². The number of nitrogens with one attached hydrogen (secondary N) is 1. The lowest BCUT2D eigenvalue weighted by Crippen LogP contribution is -2.31. The van der Waals surface area contributed by atoms with Crippen LogP contribution < -0.4 is 5.32 Å². The van der Waals surface area contributed by atoms with Gasteiger partial charge >= 0.3 is 0 Å². The third kappa shape index (κ3) is 2.27. The summed E-state index contributed by atoms with van der Waals surface area (Å²) < 4.78 is 0. The Hall–Kier alpha value is -0.890. The van der Waals surface area contributed by atoms with Crippen molar-refractivity contribution in [2.75, 3.05) is 11.1 Å². The molecule has 0 spiro atoms. The minimum Gasteiger partial charge on any atom is -0.376 e. The highest BCUT2D eigenvalue weighted by Gasteiger charge is 2.22. The van der Waals surface area contributed by atoms with Crippen molar-refractivity contribution in [2.45, 2.75) is 38.1 Å². The highest BCUT2D eigenvalue weighted by molar-refractivity contribution is 7.99. The number of anilines is 1. The van der Waals surface area contributed by atoms with Crippen LogP contribution in [0.5, 0.6) is 0 Å². The Bertz CT molecular complexity index is 432. The summed E-state index contributed by atoms with van der Waals surface area (Å²) in [7, 11) is 0. The molecule has 1 aromatic rings. The molecule has 0 saturated heterocycles. The predicted molar refractivity (Wildman–Crippen MR) is 74.2 cm³/mol. The quantitative estimate of drug-likeness (QED) is 0.760. The SMILES string of the molecule is CCSc1ccc2c(c1)C(C)=CC(C)(C)N2. The summed E-state index contributed by atoms with van der Waals surface area (Å²) in [5.41, 5.74) is 4.04.